The molecular weight excluding hydrogens is 257 g/mol. The van der Waals surface area contributed by atoms with E-state index in [0.717, 1.165) is 11.3 Å². The maximum Gasteiger partial charge on any atom is 0.349 e. The highest BCUT2D eigenvalue weighted by Crippen LogP contribution is 2.29. The molecule has 0 bridgehead atoms. The van der Waals surface area contributed by atoms with Crippen molar-refractivity contribution in [2.75, 3.05) is 14.2 Å². The van der Waals surface area contributed by atoms with Crippen LogP contribution in [0.3, 0.4) is 0 Å². The first-order valence-corrected chi connectivity index (χ1v) is 5.85. The second-order valence-corrected chi connectivity index (χ2v) is 4.40. The Labute approximate surface area is 107 Å². The number of esters is 1. The number of hydrogen-bond acceptors (Lipinski definition) is 5. The van der Waals surface area contributed by atoms with Crippen molar-refractivity contribution in [2.45, 2.75) is 0 Å². The van der Waals surface area contributed by atoms with Crippen molar-refractivity contribution in [3.63, 3.8) is 0 Å². The number of carbonyl (C=O) groups is 1. The van der Waals surface area contributed by atoms with Crippen LogP contribution in [0.5, 0.6) is 5.75 Å². The minimum absolute atomic E-state index is 0.330. The molecule has 1 aromatic carbocycles. The van der Waals surface area contributed by atoms with Gasteiger partial charge in [0, 0.05) is 11.6 Å². The number of methoxy groups -OCH3 is 2. The highest BCUT2D eigenvalue weighted by Gasteiger charge is 2.14. The van der Waals surface area contributed by atoms with E-state index in [4.69, 9.17) is 4.74 Å². The Bertz CT molecular complexity index is 582. The summed E-state index contributed by atoms with van der Waals surface area (Å²) in [6, 6.07) is 4.47. The number of rotatable bonds is 3. The van der Waals surface area contributed by atoms with Gasteiger partial charge >= 0.3 is 5.97 Å². The van der Waals surface area contributed by atoms with E-state index in [9.17, 15) is 9.18 Å². The maximum atomic E-state index is 13.8. The third-order valence-electron chi connectivity index (χ3n) is 2.30. The van der Waals surface area contributed by atoms with Crippen LogP contribution in [0.15, 0.2) is 24.4 Å². The van der Waals surface area contributed by atoms with Gasteiger partial charge in [0.25, 0.3) is 0 Å². The van der Waals surface area contributed by atoms with Crippen molar-refractivity contribution in [3.05, 3.63) is 35.1 Å². The van der Waals surface area contributed by atoms with E-state index in [-0.39, 0.29) is 0 Å². The number of halogens is 1. The average molecular weight is 267 g/mol. The van der Waals surface area contributed by atoms with Crippen LogP contribution in [0.2, 0.25) is 0 Å². The van der Waals surface area contributed by atoms with E-state index in [1.54, 1.807) is 12.1 Å². The normalized spacial score (nSPS) is 10.2. The molecule has 0 aliphatic heterocycles. The molecule has 0 saturated carbocycles. The van der Waals surface area contributed by atoms with Gasteiger partial charge < -0.3 is 9.47 Å². The number of ether oxygens (including phenoxy) is 2. The first kappa shape index (κ1) is 12.5. The van der Waals surface area contributed by atoms with E-state index >= 15 is 0 Å². The number of benzene rings is 1. The smallest absolute Gasteiger partial charge is 0.349 e. The molecule has 0 aliphatic rings. The minimum atomic E-state index is -0.479. The van der Waals surface area contributed by atoms with Crippen LogP contribution in [0.4, 0.5) is 4.39 Å². The summed E-state index contributed by atoms with van der Waals surface area (Å²) in [6.45, 7) is 0. The Morgan fingerprint density at radius 3 is 2.78 bits per heavy atom. The molecule has 1 aromatic heterocycles. The monoisotopic (exact) mass is 267 g/mol. The molecule has 0 atom stereocenters. The number of nitrogens with zero attached hydrogens (tertiary/aromatic N) is 1. The fourth-order valence-electron chi connectivity index (χ4n) is 1.39. The van der Waals surface area contributed by atoms with E-state index < -0.39 is 11.8 Å². The van der Waals surface area contributed by atoms with Crippen LogP contribution in [0, 0.1) is 5.82 Å². The lowest BCUT2D eigenvalue weighted by molar-refractivity contribution is 0.0606. The van der Waals surface area contributed by atoms with Crippen molar-refractivity contribution in [1.29, 1.82) is 0 Å². The van der Waals surface area contributed by atoms with E-state index in [1.165, 1.54) is 26.5 Å². The first-order chi connectivity index (χ1) is 8.65. The number of aromatic nitrogens is 1. The first-order valence-electron chi connectivity index (χ1n) is 5.03. The summed E-state index contributed by atoms with van der Waals surface area (Å²) in [7, 11) is 2.75. The van der Waals surface area contributed by atoms with Crippen molar-refractivity contribution in [2.24, 2.45) is 0 Å². The van der Waals surface area contributed by atoms with Gasteiger partial charge in [-0.15, -0.1) is 11.3 Å². The third-order valence-corrected chi connectivity index (χ3v) is 3.31. The zero-order valence-electron chi connectivity index (χ0n) is 9.77. The Morgan fingerprint density at radius 2 is 2.17 bits per heavy atom. The molecule has 0 aliphatic carbocycles. The summed E-state index contributed by atoms with van der Waals surface area (Å²) in [5.74, 6) is -0.492. The molecule has 4 nitrogen and oxygen atoms in total. The highest BCUT2D eigenvalue weighted by molar-refractivity contribution is 7.16. The Hall–Kier alpha value is -1.95. The lowest BCUT2D eigenvalue weighted by Crippen LogP contribution is -1.96. The minimum Gasteiger partial charge on any atom is -0.497 e. The van der Waals surface area contributed by atoms with Gasteiger partial charge in [-0.3, -0.25) is 0 Å². The summed E-state index contributed by atoms with van der Waals surface area (Å²) >= 11 is 1.08. The molecule has 0 unspecified atom stereocenters. The highest BCUT2D eigenvalue weighted by atomic mass is 32.1. The molecule has 0 N–H and O–H groups in total. The summed E-state index contributed by atoms with van der Waals surface area (Å²) < 4.78 is 23.3. The van der Waals surface area contributed by atoms with Crippen LogP contribution >= 0.6 is 11.3 Å². The standard InChI is InChI=1S/C12H10FNO3S/c1-16-7-3-4-8(9(13)5-7)11-14-6-10(18-11)12(15)17-2/h3-6H,1-2H3. The second-order valence-electron chi connectivity index (χ2n) is 3.37. The Balaban J connectivity index is 2.37. The van der Waals surface area contributed by atoms with Crippen molar-refractivity contribution >= 4 is 17.3 Å². The van der Waals surface area contributed by atoms with Crippen LogP contribution < -0.4 is 4.74 Å². The number of carbonyl (C=O) groups excluding carboxylic acids is 1. The summed E-state index contributed by atoms with van der Waals surface area (Å²) in [5, 5.41) is 0.426. The van der Waals surface area contributed by atoms with E-state index in [0.29, 0.717) is 21.2 Å². The van der Waals surface area contributed by atoms with Gasteiger partial charge in [-0.25, -0.2) is 14.2 Å². The molecule has 0 saturated heterocycles. The molecule has 6 heteroatoms. The van der Waals surface area contributed by atoms with Gasteiger partial charge in [-0.2, -0.15) is 0 Å². The SMILES string of the molecule is COC(=O)c1cnc(-c2ccc(OC)cc2F)s1. The number of hydrogen-bond donors (Lipinski definition) is 0. The Morgan fingerprint density at radius 1 is 1.39 bits per heavy atom. The van der Waals surface area contributed by atoms with Crippen molar-refractivity contribution < 1.29 is 18.7 Å². The molecule has 0 spiro atoms. The molecule has 0 amide bonds. The van der Waals surface area contributed by atoms with Crippen molar-refractivity contribution in [3.8, 4) is 16.3 Å². The maximum absolute atomic E-state index is 13.8. The van der Waals surface area contributed by atoms with Gasteiger partial charge in [-0.05, 0) is 12.1 Å². The predicted octanol–water partition coefficient (Wildman–Crippen LogP) is 2.74. The summed E-state index contributed by atoms with van der Waals surface area (Å²) in [4.78, 5) is 15.6. The lowest BCUT2D eigenvalue weighted by Gasteiger charge is -2.02. The van der Waals surface area contributed by atoms with Gasteiger partial charge in [0.15, 0.2) is 0 Å². The van der Waals surface area contributed by atoms with Crippen LogP contribution in [-0.2, 0) is 4.74 Å². The quantitative estimate of drug-likeness (QED) is 0.802. The summed E-state index contributed by atoms with van der Waals surface area (Å²) in [6.07, 6.45) is 1.37. The largest absolute Gasteiger partial charge is 0.497 e. The average Bonchev–Trinajstić information content (AvgIpc) is 2.87. The molecule has 2 rings (SSSR count). The third kappa shape index (κ3) is 2.33. The van der Waals surface area contributed by atoms with Gasteiger partial charge in [0.1, 0.15) is 21.5 Å². The fraction of sp³-hybridized carbons (Fsp3) is 0.167. The fourth-order valence-corrected chi connectivity index (χ4v) is 2.25. The zero-order chi connectivity index (χ0) is 13.1. The molecular formula is C12H10FNO3S. The molecule has 2 aromatic rings. The van der Waals surface area contributed by atoms with Crippen LogP contribution in [0.25, 0.3) is 10.6 Å². The topological polar surface area (TPSA) is 48.4 Å². The molecule has 0 fully saturated rings. The van der Waals surface area contributed by atoms with Crippen LogP contribution in [-0.4, -0.2) is 25.2 Å². The second kappa shape index (κ2) is 5.14. The number of thiazole rings is 1. The van der Waals surface area contributed by atoms with Crippen LogP contribution in [0.1, 0.15) is 9.67 Å². The summed E-state index contributed by atoms with van der Waals surface area (Å²) in [5.41, 5.74) is 0.330. The predicted molar refractivity (Wildman–Crippen MR) is 65.4 cm³/mol. The molecule has 94 valence electrons. The molecule has 18 heavy (non-hydrogen) atoms. The van der Waals surface area contributed by atoms with Crippen molar-refractivity contribution in [1.82, 2.24) is 4.98 Å². The zero-order valence-corrected chi connectivity index (χ0v) is 10.6. The van der Waals surface area contributed by atoms with E-state index in [2.05, 4.69) is 9.72 Å². The lowest BCUT2D eigenvalue weighted by atomic mass is 10.2. The van der Waals surface area contributed by atoms with Gasteiger partial charge in [0.2, 0.25) is 0 Å². The van der Waals surface area contributed by atoms with Gasteiger partial charge in [0.05, 0.1) is 20.4 Å². The Kier molecular flexibility index (Phi) is 3.57. The van der Waals surface area contributed by atoms with E-state index in [1.807, 2.05) is 0 Å². The molecule has 1 heterocycles. The molecule has 0 radical (unpaired) electrons. The van der Waals surface area contributed by atoms with Gasteiger partial charge in [-0.1, -0.05) is 0 Å².